The molecule has 9 nitrogen and oxygen atoms in total. The Morgan fingerprint density at radius 2 is 1.43 bits per heavy atom. The van der Waals surface area contributed by atoms with Crippen molar-refractivity contribution < 1.29 is 24.2 Å². The van der Waals surface area contributed by atoms with Crippen molar-refractivity contribution in [2.24, 2.45) is 73.9 Å². The molecule has 2 saturated heterocycles. The Bertz CT molecular complexity index is 1940. The highest BCUT2D eigenvalue weighted by molar-refractivity contribution is 5.85. The van der Waals surface area contributed by atoms with Crippen molar-refractivity contribution in [3.05, 3.63) is 23.8 Å². The summed E-state index contributed by atoms with van der Waals surface area (Å²) in [6.45, 7) is 29.9. The monoisotopic (exact) mass is 827 g/mol. The molecule has 8 fully saturated rings. The van der Waals surface area contributed by atoms with Gasteiger partial charge in [-0.3, -0.25) is 14.4 Å². The van der Waals surface area contributed by atoms with Gasteiger partial charge < -0.3 is 19.3 Å². The Balaban J connectivity index is 0.962. The predicted molar refractivity (Wildman–Crippen MR) is 233 cm³/mol. The van der Waals surface area contributed by atoms with Crippen LogP contribution in [0, 0.1) is 80.8 Å². The van der Waals surface area contributed by atoms with Crippen molar-refractivity contribution in [3.8, 4) is 0 Å². The van der Waals surface area contributed by atoms with Crippen LogP contribution in [0.15, 0.2) is 12.2 Å². The van der Waals surface area contributed by atoms with Gasteiger partial charge in [0.15, 0.2) is 0 Å². The number of amides is 1. The molecule has 2 aliphatic heterocycles. The van der Waals surface area contributed by atoms with Crippen LogP contribution < -0.4 is 0 Å². The molecule has 15 atom stereocenters. The molecule has 332 valence electrons. The van der Waals surface area contributed by atoms with E-state index in [-0.39, 0.29) is 45.1 Å². The molecule has 6 saturated carbocycles. The van der Waals surface area contributed by atoms with Crippen molar-refractivity contribution in [2.45, 2.75) is 203 Å². The number of hydrogen-bond acceptors (Lipinski definition) is 6. The molecule has 8 aliphatic rings. The van der Waals surface area contributed by atoms with Gasteiger partial charge in [-0.05, 0) is 161 Å². The highest BCUT2D eigenvalue weighted by Crippen LogP contribution is 2.78. The number of ether oxygens (including phenoxy) is 1. The summed E-state index contributed by atoms with van der Waals surface area (Å²) in [5.74, 6) is 3.28. The third kappa shape index (κ3) is 5.62. The van der Waals surface area contributed by atoms with Gasteiger partial charge >= 0.3 is 11.9 Å². The lowest BCUT2D eigenvalue weighted by Gasteiger charge is -2.73. The number of carbonyl (C=O) groups excluding carboxylic acids is 2. The van der Waals surface area contributed by atoms with E-state index in [2.05, 4.69) is 88.6 Å². The van der Waals surface area contributed by atoms with Crippen molar-refractivity contribution in [1.82, 2.24) is 19.7 Å². The van der Waals surface area contributed by atoms with Crippen LogP contribution in [-0.2, 0) is 19.1 Å². The van der Waals surface area contributed by atoms with Gasteiger partial charge in [0.1, 0.15) is 17.8 Å². The number of carboxylic acids is 1. The Hall–Kier alpha value is -2.71. The number of esters is 1. The van der Waals surface area contributed by atoms with Gasteiger partial charge in [0, 0.05) is 29.5 Å². The average molecular weight is 827 g/mol. The molecule has 1 N–H and O–H groups in total. The lowest BCUT2D eigenvalue weighted by atomic mass is 9.32. The van der Waals surface area contributed by atoms with Crippen LogP contribution in [0.1, 0.15) is 189 Å². The van der Waals surface area contributed by atoms with Crippen molar-refractivity contribution >= 4 is 17.8 Å². The number of aromatic nitrogens is 3. The Labute approximate surface area is 361 Å². The minimum atomic E-state index is -0.813. The fourth-order valence-electron chi connectivity index (χ4n) is 17.8. The molecule has 9 heteroatoms. The molecule has 0 aromatic carbocycles. The molecule has 0 radical (unpaired) electrons. The van der Waals surface area contributed by atoms with Crippen LogP contribution in [0.3, 0.4) is 0 Å². The molecule has 1 amide bonds. The molecule has 0 spiro atoms. The highest BCUT2D eigenvalue weighted by atomic mass is 16.5. The van der Waals surface area contributed by atoms with Crippen molar-refractivity contribution in [2.75, 3.05) is 0 Å². The molecule has 1 unspecified atom stereocenters. The predicted octanol–water partition coefficient (Wildman–Crippen LogP) is 10.7. The molecule has 9 rings (SSSR count). The number of nitrogens with zero attached hydrogens (tertiary/aromatic N) is 4. The second-order valence-corrected chi connectivity index (χ2v) is 24.5. The van der Waals surface area contributed by atoms with Gasteiger partial charge in [0.05, 0.1) is 17.3 Å². The van der Waals surface area contributed by atoms with Crippen LogP contribution in [0.2, 0.25) is 0 Å². The first-order valence-electron chi connectivity index (χ1n) is 24.4. The summed E-state index contributed by atoms with van der Waals surface area (Å²) in [4.78, 5) is 43.8. The first-order valence-corrected chi connectivity index (χ1v) is 24.4. The minimum absolute atomic E-state index is 0.130. The van der Waals surface area contributed by atoms with Gasteiger partial charge in [-0.1, -0.05) is 74.5 Å². The zero-order valence-electron chi connectivity index (χ0n) is 39.1. The fraction of sp³-hybridized carbons (Fsp3) is 0.863. The Kier molecular flexibility index (Phi) is 9.86. The van der Waals surface area contributed by atoms with Crippen molar-refractivity contribution in [1.29, 1.82) is 0 Å². The molecule has 1 aromatic heterocycles. The number of hydrogen-bond donors (Lipinski definition) is 1. The third-order valence-electron chi connectivity index (χ3n) is 21.3. The van der Waals surface area contributed by atoms with E-state index in [1.807, 2.05) is 13.8 Å². The summed E-state index contributed by atoms with van der Waals surface area (Å²) in [6, 6.07) is 0.936. The maximum absolute atomic E-state index is 15.7. The standard InChI is InChI=1S/C51H78N4O5/c1-28(2)34-17-22-51(45(59)55-31-13-14-32(55)26-33(25-31)54-30(5)52-53-42(54)29(3)4)24-23-49(11)35(41(34)51)15-16-39-48(10)20-19-40(47(8,9)38(48)18-21-50(39,49)12)60-44(58)37-27-36(43(56)57)46(37,6)7/h29,31-41H,1,13-27H2,2-12H3,(H,56,57)/t31-,32+,33?,34-,35+,36-,37+,38-,39+,40-,41+,48-,49+,50+,51-/m0/s1. The maximum atomic E-state index is 15.7. The molecular weight excluding hydrogens is 749 g/mol. The second-order valence-electron chi connectivity index (χ2n) is 24.5. The lowest BCUT2D eigenvalue weighted by molar-refractivity contribution is -0.251. The first kappa shape index (κ1) is 42.6. The highest BCUT2D eigenvalue weighted by Gasteiger charge is 2.73. The Morgan fingerprint density at radius 3 is 2.05 bits per heavy atom. The molecule has 3 heterocycles. The maximum Gasteiger partial charge on any atom is 0.309 e. The molecule has 1 aromatic rings. The SMILES string of the molecule is C=C(C)[C@@H]1CC[C@]2(C(=O)N3[C@@H]4CC[C@H]3CC(n3c(C)nnc3C(C)C)C4)CC[C@]3(C)[C@H](CC[C@@H]4[C@@]5(C)CC[C@H](OC(=O)[C@H]6C[C@@H](C(=O)O)C6(C)C)C(C)(C)[C@@H]5CC[C@]43C)[C@@H]12. The zero-order valence-corrected chi connectivity index (χ0v) is 39.1. The number of carbonyl (C=O) groups is 3. The van der Waals surface area contributed by atoms with Crippen LogP contribution in [0.4, 0.5) is 0 Å². The summed E-state index contributed by atoms with van der Waals surface area (Å²) < 4.78 is 8.90. The first-order chi connectivity index (χ1) is 28.0. The number of fused-ring (bicyclic) bond motifs is 9. The minimum Gasteiger partial charge on any atom is -0.481 e. The smallest absolute Gasteiger partial charge is 0.309 e. The summed E-state index contributed by atoms with van der Waals surface area (Å²) >= 11 is 0. The summed E-state index contributed by atoms with van der Waals surface area (Å²) in [5, 5.41) is 18.8. The Morgan fingerprint density at radius 1 is 0.750 bits per heavy atom. The topological polar surface area (TPSA) is 115 Å². The normalized spacial score (nSPS) is 46.1. The van der Waals surface area contributed by atoms with Crippen LogP contribution in [0.25, 0.3) is 0 Å². The molecule has 60 heavy (non-hydrogen) atoms. The van der Waals surface area contributed by atoms with E-state index < -0.39 is 17.3 Å². The van der Waals surface area contributed by atoms with Gasteiger partial charge in [-0.2, -0.15) is 0 Å². The zero-order chi connectivity index (χ0) is 43.3. The van der Waals surface area contributed by atoms with E-state index in [0.717, 1.165) is 82.3 Å². The van der Waals surface area contributed by atoms with Gasteiger partial charge in [0.2, 0.25) is 5.91 Å². The molecular formula is C51H78N4O5. The average Bonchev–Trinajstić information content (AvgIpc) is 3.83. The molecule has 6 aliphatic carbocycles. The lowest BCUT2D eigenvalue weighted by Crippen LogP contribution is -2.68. The van der Waals surface area contributed by atoms with E-state index in [0.29, 0.717) is 66.0 Å². The number of piperidine rings is 1. The summed E-state index contributed by atoms with van der Waals surface area (Å²) in [7, 11) is 0. The van der Waals surface area contributed by atoms with Crippen molar-refractivity contribution in [3.63, 3.8) is 0 Å². The quantitative estimate of drug-likeness (QED) is 0.215. The van der Waals surface area contributed by atoms with E-state index >= 15 is 4.79 Å². The molecule has 2 bridgehead atoms. The largest absolute Gasteiger partial charge is 0.481 e. The number of aliphatic carboxylic acids is 1. The number of allylic oxidation sites excluding steroid dienone is 1. The van der Waals surface area contributed by atoms with Crippen LogP contribution >= 0.6 is 0 Å². The van der Waals surface area contributed by atoms with Crippen LogP contribution in [-0.4, -0.2) is 60.8 Å². The van der Waals surface area contributed by atoms with Gasteiger partial charge in [0.25, 0.3) is 0 Å². The number of carboxylic acid groups (broad SMARTS) is 1. The van der Waals surface area contributed by atoms with E-state index in [9.17, 15) is 14.7 Å². The van der Waals surface area contributed by atoms with E-state index in [1.54, 1.807) is 0 Å². The van der Waals surface area contributed by atoms with Gasteiger partial charge in [-0.25, -0.2) is 0 Å². The number of rotatable bonds is 7. The summed E-state index contributed by atoms with van der Waals surface area (Å²) in [5.41, 5.74) is 0.633. The van der Waals surface area contributed by atoms with E-state index in [1.165, 1.54) is 24.8 Å². The summed E-state index contributed by atoms with van der Waals surface area (Å²) in [6.07, 6.45) is 15.3. The second kappa shape index (κ2) is 13.9. The van der Waals surface area contributed by atoms with Crippen LogP contribution in [0.5, 0.6) is 0 Å². The fourth-order valence-corrected chi connectivity index (χ4v) is 17.8. The number of aryl methyl sites for hydroxylation is 1. The third-order valence-corrected chi connectivity index (χ3v) is 21.3. The van der Waals surface area contributed by atoms with E-state index in [4.69, 9.17) is 4.74 Å². The van der Waals surface area contributed by atoms with Gasteiger partial charge in [-0.15, -0.1) is 10.2 Å².